The third kappa shape index (κ3) is 3.10. The van der Waals surface area contributed by atoms with Crippen molar-refractivity contribution in [1.82, 2.24) is 0 Å². The van der Waals surface area contributed by atoms with E-state index < -0.39 is 15.8 Å². The molecule has 0 saturated heterocycles. The molecule has 0 aliphatic carbocycles. The van der Waals surface area contributed by atoms with Crippen LogP contribution in [0.25, 0.3) is 0 Å². The first-order valence-electron chi connectivity index (χ1n) is 5.63. The Balaban J connectivity index is 2.40. The van der Waals surface area contributed by atoms with Gasteiger partial charge in [0, 0.05) is 5.69 Å². The molecule has 2 rings (SSSR count). The molecule has 0 aromatic heterocycles. The Bertz CT molecular complexity index is 763. The van der Waals surface area contributed by atoms with Crippen LogP contribution < -0.4 is 10.5 Å². The molecule has 0 radical (unpaired) electrons. The lowest BCUT2D eigenvalue weighted by molar-refractivity contribution is 0.600. The Morgan fingerprint density at radius 1 is 1.20 bits per heavy atom. The van der Waals surface area contributed by atoms with Gasteiger partial charge in [0.15, 0.2) is 0 Å². The van der Waals surface area contributed by atoms with Gasteiger partial charge in [-0.25, -0.2) is 12.8 Å². The summed E-state index contributed by atoms with van der Waals surface area (Å²) in [5.74, 6) is -0.547. The second-order valence-corrected chi connectivity index (χ2v) is 6.76. The van der Waals surface area contributed by atoms with Gasteiger partial charge in [-0.2, -0.15) is 0 Å². The molecule has 0 spiro atoms. The van der Waals surface area contributed by atoms with Crippen LogP contribution in [0.1, 0.15) is 5.56 Å². The maximum atomic E-state index is 13.4. The van der Waals surface area contributed by atoms with E-state index in [0.717, 1.165) is 6.07 Å². The fourth-order valence-corrected chi connectivity index (χ4v) is 3.25. The van der Waals surface area contributed by atoms with E-state index in [9.17, 15) is 12.8 Å². The molecule has 106 valence electrons. The van der Waals surface area contributed by atoms with Crippen LogP contribution in [0.3, 0.4) is 0 Å². The van der Waals surface area contributed by atoms with Crippen LogP contribution in [0.15, 0.2) is 45.8 Å². The number of hydrogen-bond donors (Lipinski definition) is 2. The molecule has 7 heteroatoms. The van der Waals surface area contributed by atoms with Crippen LogP contribution in [0.5, 0.6) is 0 Å². The molecule has 0 aliphatic heterocycles. The molecule has 3 N–H and O–H groups in total. The first-order chi connectivity index (χ1) is 9.29. The first-order valence-corrected chi connectivity index (χ1v) is 7.91. The van der Waals surface area contributed by atoms with Crippen molar-refractivity contribution in [2.45, 2.75) is 11.8 Å². The summed E-state index contributed by atoms with van der Waals surface area (Å²) in [5.41, 5.74) is 6.65. The molecule has 0 saturated carbocycles. The number of rotatable bonds is 3. The quantitative estimate of drug-likeness (QED) is 0.827. The van der Waals surface area contributed by atoms with Gasteiger partial charge in [-0.15, -0.1) is 0 Å². The molecule has 2 aromatic carbocycles. The SMILES string of the molecule is Cc1ccc(N)cc1S(=O)(=O)Nc1ccc(Br)c(F)c1. The van der Waals surface area contributed by atoms with Crippen molar-refractivity contribution in [3.8, 4) is 0 Å². The lowest BCUT2D eigenvalue weighted by Gasteiger charge is -2.11. The number of anilines is 2. The Labute approximate surface area is 125 Å². The predicted octanol–water partition coefficient (Wildman–Crippen LogP) is 3.28. The number of aryl methyl sites for hydroxylation is 1. The Morgan fingerprint density at radius 2 is 1.90 bits per heavy atom. The van der Waals surface area contributed by atoms with E-state index in [1.807, 2.05) is 0 Å². The molecular formula is C13H12BrFN2O2S. The van der Waals surface area contributed by atoms with Gasteiger partial charge in [0.2, 0.25) is 0 Å². The maximum Gasteiger partial charge on any atom is 0.262 e. The molecule has 0 unspecified atom stereocenters. The summed E-state index contributed by atoms with van der Waals surface area (Å²) >= 11 is 3.01. The van der Waals surface area contributed by atoms with Crippen molar-refractivity contribution in [2.24, 2.45) is 0 Å². The molecule has 4 nitrogen and oxygen atoms in total. The highest BCUT2D eigenvalue weighted by atomic mass is 79.9. The second-order valence-electron chi connectivity index (χ2n) is 4.26. The van der Waals surface area contributed by atoms with E-state index in [4.69, 9.17) is 5.73 Å². The first kappa shape index (κ1) is 14.8. The number of sulfonamides is 1. The smallest absolute Gasteiger partial charge is 0.262 e. The number of benzene rings is 2. The highest BCUT2D eigenvalue weighted by Gasteiger charge is 2.17. The highest BCUT2D eigenvalue weighted by Crippen LogP contribution is 2.24. The zero-order chi connectivity index (χ0) is 14.9. The molecule has 2 aromatic rings. The van der Waals surface area contributed by atoms with E-state index in [2.05, 4.69) is 20.7 Å². The van der Waals surface area contributed by atoms with Crippen molar-refractivity contribution >= 4 is 37.3 Å². The van der Waals surface area contributed by atoms with Gasteiger partial charge in [0.05, 0.1) is 15.1 Å². The van der Waals surface area contributed by atoms with E-state index in [-0.39, 0.29) is 15.1 Å². The summed E-state index contributed by atoms with van der Waals surface area (Å²) in [5, 5.41) is 0. The zero-order valence-electron chi connectivity index (χ0n) is 10.5. The largest absolute Gasteiger partial charge is 0.399 e. The van der Waals surface area contributed by atoms with Crippen LogP contribution in [0.2, 0.25) is 0 Å². The van der Waals surface area contributed by atoms with Gasteiger partial charge in [0.25, 0.3) is 10.0 Å². The zero-order valence-corrected chi connectivity index (χ0v) is 12.9. The van der Waals surface area contributed by atoms with E-state index in [1.54, 1.807) is 19.1 Å². The summed E-state index contributed by atoms with van der Waals surface area (Å²) in [7, 11) is -3.81. The number of hydrogen-bond acceptors (Lipinski definition) is 3. The highest BCUT2D eigenvalue weighted by molar-refractivity contribution is 9.10. The normalized spacial score (nSPS) is 11.3. The van der Waals surface area contributed by atoms with Crippen molar-refractivity contribution in [3.05, 3.63) is 52.3 Å². The third-order valence-electron chi connectivity index (χ3n) is 2.67. The number of halogens is 2. The van der Waals surface area contributed by atoms with E-state index in [1.165, 1.54) is 18.2 Å². The summed E-state index contributed by atoms with van der Waals surface area (Å²) < 4.78 is 40.5. The second kappa shape index (κ2) is 5.41. The van der Waals surface area contributed by atoms with Crippen LogP contribution in [-0.4, -0.2) is 8.42 Å². The molecule has 0 amide bonds. The van der Waals surface area contributed by atoms with Gasteiger partial charge in [-0.05, 0) is 58.7 Å². The van der Waals surface area contributed by atoms with Gasteiger partial charge < -0.3 is 5.73 Å². The Kier molecular flexibility index (Phi) is 4.01. The fraction of sp³-hybridized carbons (Fsp3) is 0.0769. The molecule has 0 bridgehead atoms. The molecule has 0 heterocycles. The van der Waals surface area contributed by atoms with E-state index >= 15 is 0 Å². The van der Waals surface area contributed by atoms with Gasteiger partial charge >= 0.3 is 0 Å². The summed E-state index contributed by atoms with van der Waals surface area (Å²) in [6, 6.07) is 8.60. The molecule has 20 heavy (non-hydrogen) atoms. The standard InChI is InChI=1S/C13H12BrFN2O2S/c1-8-2-3-9(16)6-13(8)20(18,19)17-10-4-5-11(14)12(15)7-10/h2-7,17H,16H2,1H3. The van der Waals surface area contributed by atoms with Crippen LogP contribution >= 0.6 is 15.9 Å². The average molecular weight is 359 g/mol. The summed E-state index contributed by atoms with van der Waals surface area (Å²) in [6.07, 6.45) is 0. The third-order valence-corrected chi connectivity index (χ3v) is 4.84. The minimum Gasteiger partial charge on any atom is -0.399 e. The van der Waals surface area contributed by atoms with E-state index in [0.29, 0.717) is 11.3 Å². The summed E-state index contributed by atoms with van der Waals surface area (Å²) in [4.78, 5) is 0.0702. The van der Waals surface area contributed by atoms with Crippen LogP contribution in [0.4, 0.5) is 15.8 Å². The number of nitrogens with one attached hydrogen (secondary N) is 1. The van der Waals surface area contributed by atoms with Crippen LogP contribution in [-0.2, 0) is 10.0 Å². The van der Waals surface area contributed by atoms with Gasteiger partial charge in [-0.1, -0.05) is 6.07 Å². The lowest BCUT2D eigenvalue weighted by atomic mass is 10.2. The van der Waals surface area contributed by atoms with Gasteiger partial charge in [0.1, 0.15) is 5.82 Å². The minimum absolute atomic E-state index is 0.0702. The van der Waals surface area contributed by atoms with Crippen molar-refractivity contribution in [2.75, 3.05) is 10.5 Å². The minimum atomic E-state index is -3.81. The number of nitrogen functional groups attached to an aromatic ring is 1. The van der Waals surface area contributed by atoms with Crippen molar-refractivity contribution in [3.63, 3.8) is 0 Å². The predicted molar refractivity (Wildman–Crippen MR) is 80.5 cm³/mol. The molecule has 0 atom stereocenters. The van der Waals surface area contributed by atoms with Crippen LogP contribution in [0, 0.1) is 12.7 Å². The maximum absolute atomic E-state index is 13.4. The monoisotopic (exact) mass is 358 g/mol. The van der Waals surface area contributed by atoms with Crippen molar-refractivity contribution in [1.29, 1.82) is 0 Å². The molecule has 0 fully saturated rings. The Hall–Kier alpha value is -1.60. The molecule has 0 aliphatic rings. The average Bonchev–Trinajstić information content (AvgIpc) is 2.36. The molecular weight excluding hydrogens is 347 g/mol. The van der Waals surface area contributed by atoms with Gasteiger partial charge in [-0.3, -0.25) is 4.72 Å². The number of nitrogens with two attached hydrogens (primary N) is 1. The lowest BCUT2D eigenvalue weighted by Crippen LogP contribution is -2.14. The Morgan fingerprint density at radius 3 is 2.55 bits per heavy atom. The fourth-order valence-electron chi connectivity index (χ4n) is 1.68. The topological polar surface area (TPSA) is 72.2 Å². The van der Waals surface area contributed by atoms with Crippen molar-refractivity contribution < 1.29 is 12.8 Å². The summed E-state index contributed by atoms with van der Waals surface area (Å²) in [6.45, 7) is 1.66.